The zero-order valence-corrected chi connectivity index (χ0v) is 17.4. The zero-order valence-electron chi connectivity index (χ0n) is 17.4. The molecule has 1 radical (unpaired) electrons. The van der Waals surface area contributed by atoms with E-state index in [2.05, 4.69) is 35.6 Å². The molecule has 2 heterocycles. The Bertz CT molecular complexity index is 870. The van der Waals surface area contributed by atoms with Crippen molar-refractivity contribution in [3.05, 3.63) is 72.1 Å². The van der Waals surface area contributed by atoms with E-state index in [0.29, 0.717) is 23.1 Å². The lowest BCUT2D eigenvalue weighted by Crippen LogP contribution is -2.34. The summed E-state index contributed by atoms with van der Waals surface area (Å²) in [7, 11) is 1.62. The van der Waals surface area contributed by atoms with Crippen molar-refractivity contribution in [1.82, 2.24) is 9.80 Å². The summed E-state index contributed by atoms with van der Waals surface area (Å²) in [5.74, 6) is 1.19. The molecule has 2 N–H and O–H groups in total. The van der Waals surface area contributed by atoms with Gasteiger partial charge in [-0.25, -0.2) is 4.79 Å². The van der Waals surface area contributed by atoms with Crippen LogP contribution in [0.2, 0.25) is 0 Å². The van der Waals surface area contributed by atoms with Gasteiger partial charge in [0, 0.05) is 44.5 Å². The number of hydrogen-bond donors (Lipinski definition) is 1. The Kier molecular flexibility index (Phi) is 6.04. The van der Waals surface area contributed by atoms with Crippen molar-refractivity contribution in [1.29, 1.82) is 0 Å². The van der Waals surface area contributed by atoms with Crippen LogP contribution in [0.4, 0.5) is 10.5 Å². The predicted octanol–water partition coefficient (Wildman–Crippen LogP) is 2.85. The first kappa shape index (κ1) is 20.4. The Balaban J connectivity index is 1.25. The average Bonchev–Trinajstić information content (AvgIpc) is 3.32. The van der Waals surface area contributed by atoms with Crippen molar-refractivity contribution >= 4 is 17.6 Å². The van der Waals surface area contributed by atoms with Gasteiger partial charge in [0.05, 0.1) is 0 Å². The molecular formula is C24H29N4O2. The highest BCUT2D eigenvalue weighted by Gasteiger charge is 2.41. The summed E-state index contributed by atoms with van der Waals surface area (Å²) in [6.07, 6.45) is 3.35. The number of benzene rings is 2. The number of rotatable bonds is 6. The molecule has 2 saturated heterocycles. The minimum Gasteiger partial charge on any atom is -0.351 e. The monoisotopic (exact) mass is 405 g/mol. The average molecular weight is 406 g/mol. The second kappa shape index (κ2) is 8.88. The number of hydrogen-bond acceptors (Lipinski definition) is 3. The predicted molar refractivity (Wildman–Crippen MR) is 118 cm³/mol. The molecule has 157 valence electrons. The number of fused-ring (bicyclic) bond motifs is 1. The molecule has 2 aliphatic rings. The summed E-state index contributed by atoms with van der Waals surface area (Å²) in [5, 5.41) is 0. The maximum atomic E-state index is 12.9. The van der Waals surface area contributed by atoms with Crippen molar-refractivity contribution in [3.8, 4) is 0 Å². The van der Waals surface area contributed by atoms with E-state index in [9.17, 15) is 9.59 Å². The topological polar surface area (TPSA) is 69.9 Å². The van der Waals surface area contributed by atoms with Crippen LogP contribution in [0.1, 0.15) is 22.3 Å². The Morgan fingerprint density at radius 2 is 1.63 bits per heavy atom. The smallest absolute Gasteiger partial charge is 0.318 e. The van der Waals surface area contributed by atoms with E-state index in [-0.39, 0.29) is 5.91 Å². The van der Waals surface area contributed by atoms with Crippen LogP contribution in [-0.4, -0.2) is 61.5 Å². The molecule has 0 aromatic heterocycles. The maximum absolute atomic E-state index is 12.9. The van der Waals surface area contributed by atoms with Gasteiger partial charge < -0.3 is 15.5 Å². The largest absolute Gasteiger partial charge is 0.351 e. The molecule has 2 aromatic rings. The molecule has 6 heteroatoms. The van der Waals surface area contributed by atoms with E-state index in [1.165, 1.54) is 10.5 Å². The van der Waals surface area contributed by atoms with Gasteiger partial charge in [-0.15, -0.1) is 0 Å². The summed E-state index contributed by atoms with van der Waals surface area (Å²) in [6, 6.07) is 17.0. The summed E-state index contributed by atoms with van der Waals surface area (Å²) < 4.78 is 0. The molecule has 4 rings (SSSR count). The first-order chi connectivity index (χ1) is 14.5. The summed E-state index contributed by atoms with van der Waals surface area (Å²) in [5.41, 5.74) is 7.91. The van der Waals surface area contributed by atoms with Gasteiger partial charge in [0.15, 0.2) is 0 Å². The van der Waals surface area contributed by atoms with Crippen molar-refractivity contribution in [3.63, 3.8) is 0 Å². The van der Waals surface area contributed by atoms with Crippen molar-refractivity contribution in [2.24, 2.45) is 17.6 Å². The van der Waals surface area contributed by atoms with Gasteiger partial charge >= 0.3 is 6.03 Å². The molecule has 1 unspecified atom stereocenters. The standard InChI is InChI=1S/C24H29N4O2/c1-26(24(25)30)22-11-9-19(10-12-22)23(29)28-16-20-14-27(15-21(20)17-28)13-5-8-18-6-3-2-4-7-18/h2-4,6-12,20-21H,5,13-17H2,1H3,(H2,25,30)/t20-,21?/m0/s1. The van der Waals surface area contributed by atoms with E-state index >= 15 is 0 Å². The maximum Gasteiger partial charge on any atom is 0.318 e. The van der Waals surface area contributed by atoms with E-state index in [0.717, 1.165) is 39.1 Å². The molecule has 0 spiro atoms. The third-order valence-electron chi connectivity index (χ3n) is 6.31. The summed E-state index contributed by atoms with van der Waals surface area (Å²) >= 11 is 0. The summed E-state index contributed by atoms with van der Waals surface area (Å²) in [4.78, 5) is 30.1. The molecule has 0 saturated carbocycles. The molecule has 2 aromatic carbocycles. The van der Waals surface area contributed by atoms with Gasteiger partial charge in [0.2, 0.25) is 0 Å². The third kappa shape index (κ3) is 4.49. The van der Waals surface area contributed by atoms with Gasteiger partial charge in [-0.1, -0.05) is 30.3 Å². The fourth-order valence-electron chi connectivity index (χ4n) is 4.58. The van der Waals surface area contributed by atoms with E-state index in [1.807, 2.05) is 11.0 Å². The number of primary amides is 1. The minimum atomic E-state index is -0.521. The van der Waals surface area contributed by atoms with Crippen molar-refractivity contribution < 1.29 is 9.59 Å². The minimum absolute atomic E-state index is 0.0710. The van der Waals surface area contributed by atoms with Crippen LogP contribution in [0.3, 0.4) is 0 Å². The molecule has 0 aliphatic carbocycles. The van der Waals surface area contributed by atoms with Crippen LogP contribution in [0, 0.1) is 18.3 Å². The molecule has 2 atom stereocenters. The lowest BCUT2D eigenvalue weighted by atomic mass is 10.0. The summed E-state index contributed by atoms with van der Waals surface area (Å²) in [6.45, 7) is 4.86. The van der Waals surface area contributed by atoms with Crippen LogP contribution in [0.5, 0.6) is 0 Å². The van der Waals surface area contributed by atoms with Crippen LogP contribution in [0.15, 0.2) is 54.6 Å². The fraction of sp³-hybridized carbons (Fsp3) is 0.375. The second-order valence-electron chi connectivity index (χ2n) is 8.34. The first-order valence-corrected chi connectivity index (χ1v) is 10.5. The van der Waals surface area contributed by atoms with Crippen molar-refractivity contribution in [2.45, 2.75) is 6.42 Å². The first-order valence-electron chi connectivity index (χ1n) is 10.5. The Morgan fingerprint density at radius 3 is 2.23 bits per heavy atom. The highest BCUT2D eigenvalue weighted by Crippen LogP contribution is 2.32. The highest BCUT2D eigenvalue weighted by molar-refractivity contribution is 5.96. The van der Waals surface area contributed by atoms with E-state index < -0.39 is 6.03 Å². The van der Waals surface area contributed by atoms with E-state index in [4.69, 9.17) is 5.73 Å². The Morgan fingerprint density at radius 1 is 1.00 bits per heavy atom. The second-order valence-corrected chi connectivity index (χ2v) is 8.34. The lowest BCUT2D eigenvalue weighted by Gasteiger charge is -2.22. The van der Waals surface area contributed by atoms with Crippen LogP contribution in [-0.2, 0) is 0 Å². The Hall–Kier alpha value is -2.86. The number of anilines is 1. The number of urea groups is 1. The molecule has 6 nitrogen and oxygen atoms in total. The quantitative estimate of drug-likeness (QED) is 0.803. The van der Waals surface area contributed by atoms with E-state index in [1.54, 1.807) is 31.3 Å². The molecule has 2 aliphatic heterocycles. The molecule has 2 fully saturated rings. The molecule has 30 heavy (non-hydrogen) atoms. The molecular weight excluding hydrogens is 376 g/mol. The Labute approximate surface area is 178 Å². The van der Waals surface area contributed by atoms with Gasteiger partial charge in [-0.05, 0) is 61.1 Å². The third-order valence-corrected chi connectivity index (χ3v) is 6.31. The number of nitrogens with two attached hydrogens (primary N) is 1. The fourth-order valence-corrected chi connectivity index (χ4v) is 4.58. The van der Waals surface area contributed by atoms with Crippen LogP contribution < -0.4 is 10.6 Å². The molecule has 3 amide bonds. The van der Waals surface area contributed by atoms with Crippen LogP contribution in [0.25, 0.3) is 0 Å². The van der Waals surface area contributed by atoms with Gasteiger partial charge in [0.25, 0.3) is 5.91 Å². The SMILES string of the molecule is CN(C(N)=O)c1ccc(C(=O)N2CC3CN(CC[CH]c4ccccc4)C[C@H]3C2)cc1. The zero-order chi connectivity index (χ0) is 21.1. The van der Waals surface area contributed by atoms with Gasteiger partial charge in [0.1, 0.15) is 0 Å². The highest BCUT2D eigenvalue weighted by atomic mass is 16.2. The number of carbonyl (C=O) groups is 2. The van der Waals surface area contributed by atoms with Gasteiger partial charge in [-0.2, -0.15) is 0 Å². The number of nitrogens with zero attached hydrogens (tertiary/aromatic N) is 3. The normalized spacial score (nSPS) is 20.9. The number of carbonyl (C=O) groups excluding carboxylic acids is 2. The molecule has 0 bridgehead atoms. The lowest BCUT2D eigenvalue weighted by molar-refractivity contribution is 0.0774. The number of amides is 3. The van der Waals surface area contributed by atoms with Gasteiger partial charge in [-0.3, -0.25) is 9.69 Å². The van der Waals surface area contributed by atoms with Crippen molar-refractivity contribution in [2.75, 3.05) is 44.7 Å². The number of likely N-dealkylation sites (tertiary alicyclic amines) is 2. The van der Waals surface area contributed by atoms with Crippen LogP contribution >= 0.6 is 0 Å².